The average Bonchev–Trinajstić information content (AvgIpc) is 2.84. The summed E-state index contributed by atoms with van der Waals surface area (Å²) in [6.45, 7) is 5.24. The maximum absolute atomic E-state index is 11.6. The molecule has 0 amide bonds. The van der Waals surface area contributed by atoms with Crippen molar-refractivity contribution in [2.45, 2.75) is 33.1 Å². The van der Waals surface area contributed by atoms with Crippen LogP contribution in [-0.2, 0) is 22.4 Å². The SMILES string of the molecule is CCOC(=O)CN(CC)c1ncnc2c1CCC2. The largest absolute Gasteiger partial charge is 0.465 e. The van der Waals surface area contributed by atoms with Gasteiger partial charge in [-0.2, -0.15) is 0 Å². The third-order valence-electron chi connectivity index (χ3n) is 3.16. The van der Waals surface area contributed by atoms with Gasteiger partial charge in [-0.25, -0.2) is 9.97 Å². The fourth-order valence-electron chi connectivity index (χ4n) is 2.31. The van der Waals surface area contributed by atoms with E-state index in [-0.39, 0.29) is 12.5 Å². The lowest BCUT2D eigenvalue weighted by Crippen LogP contribution is -2.32. The van der Waals surface area contributed by atoms with E-state index in [1.165, 1.54) is 5.56 Å². The van der Waals surface area contributed by atoms with Crippen molar-refractivity contribution < 1.29 is 9.53 Å². The van der Waals surface area contributed by atoms with Crippen LogP contribution in [0, 0.1) is 0 Å². The molecule has 5 nitrogen and oxygen atoms in total. The van der Waals surface area contributed by atoms with E-state index in [0.29, 0.717) is 6.61 Å². The van der Waals surface area contributed by atoms with Crippen molar-refractivity contribution in [2.24, 2.45) is 0 Å². The van der Waals surface area contributed by atoms with Crippen molar-refractivity contribution in [3.8, 4) is 0 Å². The molecule has 0 radical (unpaired) electrons. The molecule has 1 aromatic heterocycles. The second-order valence-electron chi connectivity index (χ2n) is 4.30. The molecule has 18 heavy (non-hydrogen) atoms. The Hall–Kier alpha value is -1.65. The van der Waals surface area contributed by atoms with Crippen molar-refractivity contribution >= 4 is 11.8 Å². The molecule has 0 spiro atoms. The van der Waals surface area contributed by atoms with Crippen molar-refractivity contribution in [3.63, 3.8) is 0 Å². The summed E-state index contributed by atoms with van der Waals surface area (Å²) in [4.78, 5) is 22.2. The van der Waals surface area contributed by atoms with Crippen LogP contribution >= 0.6 is 0 Å². The number of rotatable bonds is 5. The molecule has 0 unspecified atom stereocenters. The Labute approximate surface area is 107 Å². The normalized spacial score (nSPS) is 13.2. The van der Waals surface area contributed by atoms with Crippen molar-refractivity contribution in [3.05, 3.63) is 17.6 Å². The van der Waals surface area contributed by atoms with Crippen LogP contribution in [0.25, 0.3) is 0 Å². The van der Waals surface area contributed by atoms with Gasteiger partial charge in [-0.15, -0.1) is 0 Å². The molecule has 0 saturated carbocycles. The van der Waals surface area contributed by atoms with E-state index < -0.39 is 0 Å². The molecular formula is C13H19N3O2. The van der Waals surface area contributed by atoms with Gasteiger partial charge in [-0.3, -0.25) is 4.79 Å². The molecule has 2 rings (SSSR count). The highest BCUT2D eigenvalue weighted by atomic mass is 16.5. The summed E-state index contributed by atoms with van der Waals surface area (Å²) in [5, 5.41) is 0. The Kier molecular flexibility index (Phi) is 4.12. The quantitative estimate of drug-likeness (QED) is 0.737. The fraction of sp³-hybridized carbons (Fsp3) is 0.615. The third kappa shape index (κ3) is 2.60. The Balaban J connectivity index is 2.18. The van der Waals surface area contributed by atoms with E-state index in [9.17, 15) is 4.79 Å². The minimum atomic E-state index is -0.204. The Bertz CT molecular complexity index is 434. The number of carbonyl (C=O) groups excluding carboxylic acids is 1. The molecule has 0 atom stereocenters. The minimum absolute atomic E-state index is 0.204. The van der Waals surface area contributed by atoms with Gasteiger partial charge < -0.3 is 9.64 Å². The maximum atomic E-state index is 11.6. The molecule has 0 fully saturated rings. The van der Waals surface area contributed by atoms with Gasteiger partial charge >= 0.3 is 5.97 Å². The second-order valence-corrected chi connectivity index (χ2v) is 4.30. The van der Waals surface area contributed by atoms with E-state index in [0.717, 1.165) is 37.3 Å². The molecule has 0 aliphatic heterocycles. The number of hydrogen-bond acceptors (Lipinski definition) is 5. The molecule has 0 aromatic carbocycles. The molecular weight excluding hydrogens is 230 g/mol. The number of esters is 1. The zero-order valence-corrected chi connectivity index (χ0v) is 11.0. The number of nitrogens with zero attached hydrogens (tertiary/aromatic N) is 3. The van der Waals surface area contributed by atoms with Gasteiger partial charge in [0.15, 0.2) is 0 Å². The molecule has 1 aromatic rings. The first kappa shape index (κ1) is 12.8. The van der Waals surface area contributed by atoms with Crippen LogP contribution < -0.4 is 4.90 Å². The lowest BCUT2D eigenvalue weighted by Gasteiger charge is -2.22. The van der Waals surface area contributed by atoms with Gasteiger partial charge in [0.2, 0.25) is 0 Å². The Morgan fingerprint density at radius 2 is 2.22 bits per heavy atom. The number of aryl methyl sites for hydroxylation is 1. The summed E-state index contributed by atoms with van der Waals surface area (Å²) in [7, 11) is 0. The number of fused-ring (bicyclic) bond motifs is 1. The Morgan fingerprint density at radius 3 is 2.94 bits per heavy atom. The molecule has 5 heteroatoms. The topological polar surface area (TPSA) is 55.3 Å². The lowest BCUT2D eigenvalue weighted by molar-refractivity contribution is -0.141. The van der Waals surface area contributed by atoms with Gasteiger partial charge in [0.05, 0.1) is 6.61 Å². The van der Waals surface area contributed by atoms with E-state index in [1.54, 1.807) is 6.33 Å². The first-order chi connectivity index (χ1) is 8.76. The first-order valence-corrected chi connectivity index (χ1v) is 6.49. The zero-order valence-electron chi connectivity index (χ0n) is 11.0. The highest BCUT2D eigenvalue weighted by Crippen LogP contribution is 2.27. The molecule has 0 bridgehead atoms. The number of carbonyl (C=O) groups is 1. The average molecular weight is 249 g/mol. The fourth-order valence-corrected chi connectivity index (χ4v) is 2.31. The van der Waals surface area contributed by atoms with Gasteiger partial charge in [-0.1, -0.05) is 0 Å². The summed E-state index contributed by atoms with van der Waals surface area (Å²) in [6.07, 6.45) is 4.73. The van der Waals surface area contributed by atoms with E-state index in [2.05, 4.69) is 9.97 Å². The van der Waals surface area contributed by atoms with E-state index in [4.69, 9.17) is 4.74 Å². The smallest absolute Gasteiger partial charge is 0.325 e. The van der Waals surface area contributed by atoms with Gasteiger partial charge in [-0.05, 0) is 33.1 Å². The first-order valence-electron chi connectivity index (χ1n) is 6.49. The van der Waals surface area contributed by atoms with Crippen LogP contribution in [0.15, 0.2) is 6.33 Å². The Morgan fingerprint density at radius 1 is 1.39 bits per heavy atom. The maximum Gasteiger partial charge on any atom is 0.325 e. The molecule has 1 aliphatic rings. The van der Waals surface area contributed by atoms with Crippen LogP contribution in [0.3, 0.4) is 0 Å². The zero-order chi connectivity index (χ0) is 13.0. The van der Waals surface area contributed by atoms with Crippen LogP contribution in [0.2, 0.25) is 0 Å². The molecule has 1 aliphatic carbocycles. The minimum Gasteiger partial charge on any atom is -0.465 e. The third-order valence-corrected chi connectivity index (χ3v) is 3.16. The number of anilines is 1. The monoisotopic (exact) mass is 249 g/mol. The standard InChI is InChI=1S/C13H19N3O2/c1-3-16(8-12(17)18-4-2)13-10-6-5-7-11(10)14-9-15-13/h9H,3-8H2,1-2H3. The summed E-state index contributed by atoms with van der Waals surface area (Å²) in [5.41, 5.74) is 2.32. The van der Waals surface area contributed by atoms with Gasteiger partial charge in [0.25, 0.3) is 0 Å². The predicted octanol–water partition coefficient (Wildman–Crippen LogP) is 1.35. The van der Waals surface area contributed by atoms with Crippen molar-refractivity contribution in [2.75, 3.05) is 24.6 Å². The van der Waals surface area contributed by atoms with E-state index in [1.807, 2.05) is 18.7 Å². The van der Waals surface area contributed by atoms with Crippen LogP contribution in [0.5, 0.6) is 0 Å². The summed E-state index contributed by atoms with van der Waals surface area (Å²) in [5.74, 6) is 0.692. The van der Waals surface area contributed by atoms with Crippen LogP contribution in [0.1, 0.15) is 31.5 Å². The summed E-state index contributed by atoms with van der Waals surface area (Å²) < 4.78 is 4.99. The van der Waals surface area contributed by atoms with Gasteiger partial charge in [0, 0.05) is 17.8 Å². The van der Waals surface area contributed by atoms with E-state index >= 15 is 0 Å². The predicted molar refractivity (Wildman–Crippen MR) is 68.6 cm³/mol. The van der Waals surface area contributed by atoms with Crippen LogP contribution in [0.4, 0.5) is 5.82 Å². The number of hydrogen-bond donors (Lipinski definition) is 0. The van der Waals surface area contributed by atoms with Crippen molar-refractivity contribution in [1.29, 1.82) is 0 Å². The molecule has 1 heterocycles. The van der Waals surface area contributed by atoms with Gasteiger partial charge in [0.1, 0.15) is 18.7 Å². The highest BCUT2D eigenvalue weighted by molar-refractivity contribution is 5.75. The molecule has 0 saturated heterocycles. The lowest BCUT2D eigenvalue weighted by atomic mass is 10.2. The summed E-state index contributed by atoms with van der Waals surface area (Å²) >= 11 is 0. The highest BCUT2D eigenvalue weighted by Gasteiger charge is 2.21. The summed E-state index contributed by atoms with van der Waals surface area (Å²) in [6, 6.07) is 0. The number of ether oxygens (including phenoxy) is 1. The molecule has 0 N–H and O–H groups in total. The number of aromatic nitrogens is 2. The van der Waals surface area contributed by atoms with Crippen molar-refractivity contribution in [1.82, 2.24) is 9.97 Å². The second kappa shape index (κ2) is 5.80. The number of likely N-dealkylation sites (N-methyl/N-ethyl adjacent to an activating group) is 1. The van der Waals surface area contributed by atoms with Crippen LogP contribution in [-0.4, -0.2) is 35.6 Å². The molecule has 98 valence electrons.